The van der Waals surface area contributed by atoms with E-state index in [0.717, 1.165) is 6.21 Å². The van der Waals surface area contributed by atoms with Gasteiger partial charge in [0.05, 0.1) is 17.5 Å². The molecule has 0 saturated carbocycles. The number of carbonyl (C=O) groups is 2. The molecule has 0 aliphatic rings. The molecule has 0 saturated heterocycles. The van der Waals surface area contributed by atoms with E-state index in [1.165, 1.54) is 18.6 Å². The fraction of sp³-hybridized carbons (Fsp3) is 0.133. The average Bonchev–Trinajstić information content (AvgIpc) is 2.60. The molecule has 0 aliphatic heterocycles. The number of oxime groups is 1. The Balaban J connectivity index is 1.75. The summed E-state index contributed by atoms with van der Waals surface area (Å²) in [4.78, 5) is 31.4. The molecule has 0 spiro atoms. The van der Waals surface area contributed by atoms with E-state index in [4.69, 9.17) is 5.21 Å². The van der Waals surface area contributed by atoms with Crippen LogP contribution in [0.2, 0.25) is 0 Å². The molecule has 8 nitrogen and oxygen atoms in total. The molecule has 0 atom stereocenters. The number of hydrogen-bond donors (Lipinski definition) is 3. The second-order valence-corrected chi connectivity index (χ2v) is 4.46. The highest BCUT2D eigenvalue weighted by Crippen LogP contribution is 1.99. The minimum atomic E-state index is -0.303. The second kappa shape index (κ2) is 8.23. The van der Waals surface area contributed by atoms with Crippen molar-refractivity contribution in [3.05, 3.63) is 59.7 Å². The topological polar surface area (TPSA) is 117 Å². The van der Waals surface area contributed by atoms with E-state index >= 15 is 0 Å². The molecule has 3 N–H and O–H groups in total. The monoisotopic (exact) mass is 313 g/mol. The average molecular weight is 313 g/mol. The van der Waals surface area contributed by atoms with Crippen molar-refractivity contribution in [2.75, 3.05) is 13.1 Å². The Morgan fingerprint density at radius 3 is 2.26 bits per heavy atom. The molecule has 0 radical (unpaired) electrons. The lowest BCUT2D eigenvalue weighted by Crippen LogP contribution is -2.34. The molecule has 0 aliphatic carbocycles. The molecule has 0 fully saturated rings. The largest absolute Gasteiger partial charge is 0.411 e. The smallest absolute Gasteiger partial charge is 0.252 e. The Labute approximate surface area is 132 Å². The fourth-order valence-electron chi connectivity index (χ4n) is 1.73. The third-order valence-corrected chi connectivity index (χ3v) is 2.88. The van der Waals surface area contributed by atoms with Crippen molar-refractivity contribution in [1.29, 1.82) is 0 Å². The van der Waals surface area contributed by atoms with Gasteiger partial charge in [0.25, 0.3) is 11.8 Å². The van der Waals surface area contributed by atoms with Crippen molar-refractivity contribution in [3.8, 4) is 0 Å². The van der Waals surface area contributed by atoms with Gasteiger partial charge in [0.2, 0.25) is 0 Å². The van der Waals surface area contributed by atoms with E-state index in [2.05, 4.69) is 25.8 Å². The predicted octanol–water partition coefficient (Wildman–Crippen LogP) is 0.444. The summed E-state index contributed by atoms with van der Waals surface area (Å²) in [5.74, 6) is -0.529. The molecule has 2 heterocycles. The number of hydrogen-bond acceptors (Lipinski definition) is 6. The third-order valence-electron chi connectivity index (χ3n) is 2.88. The van der Waals surface area contributed by atoms with Gasteiger partial charge in [-0.2, -0.15) is 0 Å². The van der Waals surface area contributed by atoms with Crippen molar-refractivity contribution in [1.82, 2.24) is 20.6 Å². The minimum absolute atomic E-state index is 0.226. The Bertz CT molecular complexity index is 686. The summed E-state index contributed by atoms with van der Waals surface area (Å²) < 4.78 is 0. The van der Waals surface area contributed by atoms with Crippen molar-refractivity contribution in [3.63, 3.8) is 0 Å². The minimum Gasteiger partial charge on any atom is -0.411 e. The van der Waals surface area contributed by atoms with Crippen LogP contribution in [0, 0.1) is 0 Å². The summed E-state index contributed by atoms with van der Waals surface area (Å²) in [5.41, 5.74) is 1.32. The highest BCUT2D eigenvalue weighted by molar-refractivity contribution is 5.95. The van der Waals surface area contributed by atoms with Gasteiger partial charge in [0, 0.05) is 37.2 Å². The lowest BCUT2D eigenvalue weighted by Gasteiger charge is -2.07. The van der Waals surface area contributed by atoms with Crippen LogP contribution in [-0.4, -0.2) is 46.3 Å². The lowest BCUT2D eigenvalue weighted by atomic mass is 10.2. The molecule has 8 heteroatoms. The van der Waals surface area contributed by atoms with Gasteiger partial charge in [-0.15, -0.1) is 0 Å². The van der Waals surface area contributed by atoms with Gasteiger partial charge in [0.1, 0.15) is 0 Å². The van der Waals surface area contributed by atoms with Crippen molar-refractivity contribution < 1.29 is 14.8 Å². The Kier molecular flexibility index (Phi) is 5.75. The van der Waals surface area contributed by atoms with E-state index in [0.29, 0.717) is 23.4 Å². The maximum atomic E-state index is 11.9. The lowest BCUT2D eigenvalue weighted by molar-refractivity contribution is 0.0927. The van der Waals surface area contributed by atoms with Crippen molar-refractivity contribution >= 4 is 18.0 Å². The number of nitrogens with zero attached hydrogens (tertiary/aromatic N) is 3. The molecular weight excluding hydrogens is 298 g/mol. The van der Waals surface area contributed by atoms with E-state index in [9.17, 15) is 9.59 Å². The SMILES string of the molecule is O=C(NCCNC(=O)c1ccc(C=NO)nc1)c1ccncc1. The maximum absolute atomic E-state index is 11.9. The van der Waals surface area contributed by atoms with Crippen LogP contribution in [-0.2, 0) is 0 Å². The van der Waals surface area contributed by atoms with Gasteiger partial charge in [-0.25, -0.2) is 0 Å². The molecule has 0 unspecified atom stereocenters. The molecule has 118 valence electrons. The van der Waals surface area contributed by atoms with Crippen molar-refractivity contribution in [2.45, 2.75) is 0 Å². The summed E-state index contributed by atoms with van der Waals surface area (Å²) in [5, 5.41) is 16.6. The zero-order valence-corrected chi connectivity index (χ0v) is 12.1. The number of amides is 2. The third kappa shape index (κ3) is 4.88. The first-order valence-electron chi connectivity index (χ1n) is 6.80. The van der Waals surface area contributed by atoms with Crippen LogP contribution in [0.1, 0.15) is 26.4 Å². The summed E-state index contributed by atoms with van der Waals surface area (Å²) >= 11 is 0. The number of carbonyl (C=O) groups excluding carboxylic acids is 2. The maximum Gasteiger partial charge on any atom is 0.252 e. The van der Waals surface area contributed by atoms with Gasteiger partial charge in [0.15, 0.2) is 0 Å². The molecule has 2 rings (SSSR count). The zero-order valence-electron chi connectivity index (χ0n) is 12.1. The first kappa shape index (κ1) is 16.1. The molecule has 0 aromatic carbocycles. The normalized spacial score (nSPS) is 10.4. The van der Waals surface area contributed by atoms with E-state index < -0.39 is 0 Å². The van der Waals surface area contributed by atoms with Crippen molar-refractivity contribution in [2.24, 2.45) is 5.16 Å². The quantitative estimate of drug-likeness (QED) is 0.310. The Morgan fingerprint density at radius 1 is 1.04 bits per heavy atom. The van der Waals surface area contributed by atoms with E-state index in [1.807, 2.05) is 0 Å². The molecule has 2 aromatic heterocycles. The fourth-order valence-corrected chi connectivity index (χ4v) is 1.73. The molecule has 2 aromatic rings. The number of nitrogens with one attached hydrogen (secondary N) is 2. The van der Waals surface area contributed by atoms with Crippen LogP contribution in [0.3, 0.4) is 0 Å². The highest BCUT2D eigenvalue weighted by atomic mass is 16.4. The summed E-state index contributed by atoms with van der Waals surface area (Å²) in [6.07, 6.45) is 5.61. The summed E-state index contributed by atoms with van der Waals surface area (Å²) in [7, 11) is 0. The summed E-state index contributed by atoms with van der Waals surface area (Å²) in [6.45, 7) is 0.588. The van der Waals surface area contributed by atoms with Gasteiger partial charge in [-0.05, 0) is 24.3 Å². The van der Waals surface area contributed by atoms with Gasteiger partial charge < -0.3 is 15.8 Å². The second-order valence-electron chi connectivity index (χ2n) is 4.46. The molecular formula is C15H15N5O3. The molecule has 2 amide bonds. The Morgan fingerprint density at radius 2 is 1.70 bits per heavy atom. The van der Waals surface area contributed by atoms with E-state index in [1.54, 1.807) is 24.3 Å². The van der Waals surface area contributed by atoms with Gasteiger partial charge in [-0.1, -0.05) is 5.16 Å². The number of aromatic nitrogens is 2. The van der Waals surface area contributed by atoms with Crippen LogP contribution in [0.4, 0.5) is 0 Å². The van der Waals surface area contributed by atoms with Crippen LogP contribution in [0.25, 0.3) is 0 Å². The number of rotatable bonds is 6. The zero-order chi connectivity index (χ0) is 16.5. The van der Waals surface area contributed by atoms with Crippen LogP contribution < -0.4 is 10.6 Å². The first-order valence-corrected chi connectivity index (χ1v) is 6.80. The standard InChI is InChI=1S/C15H15N5O3/c21-14(11-3-5-16-6-4-11)17-7-8-18-15(22)12-1-2-13(10-20-23)19-9-12/h1-6,9-10,23H,7-8H2,(H,17,21)(H,18,22). The highest BCUT2D eigenvalue weighted by Gasteiger charge is 2.06. The van der Waals surface area contributed by atoms with Crippen LogP contribution in [0.15, 0.2) is 48.0 Å². The predicted molar refractivity (Wildman–Crippen MR) is 82.5 cm³/mol. The van der Waals surface area contributed by atoms with Crippen LogP contribution >= 0.6 is 0 Å². The Hall–Kier alpha value is -3.29. The van der Waals surface area contributed by atoms with Crippen LogP contribution in [0.5, 0.6) is 0 Å². The number of pyridine rings is 2. The summed E-state index contributed by atoms with van der Waals surface area (Å²) in [6, 6.07) is 6.34. The van der Waals surface area contributed by atoms with Gasteiger partial charge >= 0.3 is 0 Å². The first-order chi connectivity index (χ1) is 11.2. The van der Waals surface area contributed by atoms with Gasteiger partial charge in [-0.3, -0.25) is 19.6 Å². The molecule has 0 bridgehead atoms. The molecule has 23 heavy (non-hydrogen) atoms. The van der Waals surface area contributed by atoms with E-state index in [-0.39, 0.29) is 18.4 Å².